The highest BCUT2D eigenvalue weighted by atomic mass is 16.5. The maximum Gasteiger partial charge on any atom is 0.125 e. The van der Waals surface area contributed by atoms with Crippen molar-refractivity contribution in [3.8, 4) is 5.75 Å². The minimum absolute atomic E-state index is 0.0475. The monoisotopic (exact) mass is 205 g/mol. The van der Waals surface area contributed by atoms with Crippen LogP contribution >= 0.6 is 0 Å². The number of hydrogen-bond donors (Lipinski definition) is 1. The summed E-state index contributed by atoms with van der Waals surface area (Å²) in [6, 6.07) is 4.26. The minimum atomic E-state index is 0.0475. The molecule has 1 aliphatic carbocycles. The Bertz CT molecular complexity index is 380. The first kappa shape index (κ1) is 10.5. The van der Waals surface area contributed by atoms with E-state index in [4.69, 9.17) is 10.5 Å². The van der Waals surface area contributed by atoms with Gasteiger partial charge in [0.2, 0.25) is 0 Å². The van der Waals surface area contributed by atoms with Crippen LogP contribution in [0, 0.1) is 13.8 Å². The van der Waals surface area contributed by atoms with Crippen molar-refractivity contribution < 1.29 is 4.74 Å². The lowest BCUT2D eigenvalue weighted by molar-refractivity contribution is 0.403. The van der Waals surface area contributed by atoms with Gasteiger partial charge >= 0.3 is 0 Å². The fourth-order valence-electron chi connectivity index (χ4n) is 2.04. The summed E-state index contributed by atoms with van der Waals surface area (Å²) in [5, 5.41) is 0. The first-order chi connectivity index (χ1) is 7.06. The summed E-state index contributed by atoms with van der Waals surface area (Å²) in [5.41, 5.74) is 9.99. The van der Waals surface area contributed by atoms with E-state index in [1.807, 2.05) is 0 Å². The van der Waals surface area contributed by atoms with E-state index in [9.17, 15) is 0 Å². The molecule has 2 rings (SSSR count). The molecule has 0 heterocycles. The molecule has 0 unspecified atom stereocenters. The fraction of sp³-hybridized carbons (Fsp3) is 0.538. The predicted octanol–water partition coefficient (Wildman–Crippen LogP) is 2.35. The highest BCUT2D eigenvalue weighted by molar-refractivity contribution is 5.46. The number of methoxy groups -OCH3 is 1. The Kier molecular flexibility index (Phi) is 2.47. The van der Waals surface area contributed by atoms with Crippen LogP contribution in [0.5, 0.6) is 5.75 Å². The molecular formula is C13H19NO. The number of ether oxygens (including phenoxy) is 1. The summed E-state index contributed by atoms with van der Waals surface area (Å²) in [6.45, 7) is 4.21. The minimum Gasteiger partial charge on any atom is -0.496 e. The maximum atomic E-state index is 6.17. The first-order valence-corrected chi connectivity index (χ1v) is 5.48. The van der Waals surface area contributed by atoms with Crippen molar-refractivity contribution >= 4 is 0 Å². The van der Waals surface area contributed by atoms with E-state index < -0.39 is 0 Å². The molecule has 1 aromatic rings. The Morgan fingerprint density at radius 2 is 1.87 bits per heavy atom. The molecule has 0 atom stereocenters. The summed E-state index contributed by atoms with van der Waals surface area (Å²) in [6.07, 6.45) is 3.23. The van der Waals surface area contributed by atoms with Gasteiger partial charge in [-0.15, -0.1) is 0 Å². The molecule has 1 aromatic carbocycles. The number of aryl methyl sites for hydroxylation is 2. The van der Waals surface area contributed by atoms with Gasteiger partial charge in [0, 0.05) is 5.54 Å². The zero-order valence-electron chi connectivity index (χ0n) is 9.76. The molecule has 0 spiro atoms. The van der Waals surface area contributed by atoms with Crippen molar-refractivity contribution in [2.24, 2.45) is 5.73 Å². The molecule has 0 radical (unpaired) electrons. The second kappa shape index (κ2) is 3.53. The van der Waals surface area contributed by atoms with Gasteiger partial charge in [-0.05, 0) is 49.8 Å². The van der Waals surface area contributed by atoms with Gasteiger partial charge in [0.1, 0.15) is 5.75 Å². The molecule has 0 aliphatic heterocycles. The number of nitrogens with two attached hydrogens (primary N) is 1. The Balaban J connectivity index is 2.38. The molecule has 2 nitrogen and oxygen atoms in total. The van der Waals surface area contributed by atoms with Crippen LogP contribution in [0.25, 0.3) is 0 Å². The third-order valence-corrected chi connectivity index (χ3v) is 3.32. The van der Waals surface area contributed by atoms with E-state index in [1.54, 1.807) is 7.11 Å². The molecule has 0 amide bonds. The van der Waals surface area contributed by atoms with Crippen LogP contribution in [0.15, 0.2) is 12.1 Å². The SMILES string of the molecule is COc1c(C)ccc(C)c1CC1(N)CC1. The van der Waals surface area contributed by atoms with Crippen molar-refractivity contribution in [2.75, 3.05) is 7.11 Å². The van der Waals surface area contributed by atoms with Gasteiger partial charge in [0.15, 0.2) is 0 Å². The highest BCUT2D eigenvalue weighted by Gasteiger charge is 2.39. The molecule has 82 valence electrons. The number of benzene rings is 1. The van der Waals surface area contributed by atoms with E-state index in [1.165, 1.54) is 16.7 Å². The summed E-state index contributed by atoms with van der Waals surface area (Å²) in [7, 11) is 1.74. The molecular weight excluding hydrogens is 186 g/mol. The number of hydrogen-bond acceptors (Lipinski definition) is 2. The summed E-state index contributed by atoms with van der Waals surface area (Å²) in [5.74, 6) is 1.02. The van der Waals surface area contributed by atoms with Crippen molar-refractivity contribution in [1.82, 2.24) is 0 Å². The zero-order chi connectivity index (χ0) is 11.1. The molecule has 1 fully saturated rings. The van der Waals surface area contributed by atoms with Crippen LogP contribution in [0.3, 0.4) is 0 Å². The van der Waals surface area contributed by atoms with Gasteiger partial charge in [0.05, 0.1) is 7.11 Å². The van der Waals surface area contributed by atoms with Crippen LogP contribution in [-0.4, -0.2) is 12.6 Å². The van der Waals surface area contributed by atoms with Crippen LogP contribution in [-0.2, 0) is 6.42 Å². The van der Waals surface area contributed by atoms with E-state index in [0.29, 0.717) is 0 Å². The highest BCUT2D eigenvalue weighted by Crippen LogP contribution is 2.39. The Labute approximate surface area is 91.4 Å². The lowest BCUT2D eigenvalue weighted by Gasteiger charge is -2.17. The second-order valence-electron chi connectivity index (χ2n) is 4.75. The summed E-state index contributed by atoms with van der Waals surface area (Å²) in [4.78, 5) is 0. The van der Waals surface area contributed by atoms with E-state index in [0.717, 1.165) is 25.0 Å². The van der Waals surface area contributed by atoms with Crippen LogP contribution in [0.2, 0.25) is 0 Å². The van der Waals surface area contributed by atoms with Crippen molar-refractivity contribution in [2.45, 2.75) is 38.6 Å². The lowest BCUT2D eigenvalue weighted by Crippen LogP contribution is -2.25. The topological polar surface area (TPSA) is 35.2 Å². The van der Waals surface area contributed by atoms with Crippen LogP contribution in [0.4, 0.5) is 0 Å². The first-order valence-electron chi connectivity index (χ1n) is 5.48. The van der Waals surface area contributed by atoms with Gasteiger partial charge in [-0.2, -0.15) is 0 Å². The third-order valence-electron chi connectivity index (χ3n) is 3.32. The largest absolute Gasteiger partial charge is 0.496 e. The van der Waals surface area contributed by atoms with Gasteiger partial charge < -0.3 is 10.5 Å². The Morgan fingerprint density at radius 3 is 2.40 bits per heavy atom. The average molecular weight is 205 g/mol. The lowest BCUT2D eigenvalue weighted by atomic mass is 9.96. The smallest absolute Gasteiger partial charge is 0.125 e. The van der Waals surface area contributed by atoms with Gasteiger partial charge in [-0.3, -0.25) is 0 Å². The van der Waals surface area contributed by atoms with Gasteiger partial charge in [-0.1, -0.05) is 12.1 Å². The normalized spacial score (nSPS) is 17.6. The molecule has 1 aliphatic rings. The molecule has 0 saturated heterocycles. The molecule has 15 heavy (non-hydrogen) atoms. The zero-order valence-corrected chi connectivity index (χ0v) is 9.76. The summed E-state index contributed by atoms with van der Waals surface area (Å²) >= 11 is 0. The Hall–Kier alpha value is -1.02. The van der Waals surface area contributed by atoms with E-state index >= 15 is 0 Å². The third kappa shape index (κ3) is 2.00. The predicted molar refractivity (Wildman–Crippen MR) is 62.3 cm³/mol. The molecule has 1 saturated carbocycles. The second-order valence-corrected chi connectivity index (χ2v) is 4.75. The Morgan fingerprint density at radius 1 is 1.27 bits per heavy atom. The van der Waals surface area contributed by atoms with Crippen molar-refractivity contribution in [1.29, 1.82) is 0 Å². The molecule has 0 aromatic heterocycles. The van der Waals surface area contributed by atoms with Crippen LogP contribution < -0.4 is 10.5 Å². The van der Waals surface area contributed by atoms with E-state index in [2.05, 4.69) is 26.0 Å². The maximum absolute atomic E-state index is 6.17. The standard InChI is InChI=1S/C13H19NO/c1-9-4-5-10(2)12(15-3)11(9)8-13(14)6-7-13/h4-5H,6-8,14H2,1-3H3. The molecule has 0 bridgehead atoms. The fourth-order valence-corrected chi connectivity index (χ4v) is 2.04. The van der Waals surface area contributed by atoms with Crippen LogP contribution in [0.1, 0.15) is 29.5 Å². The molecule has 2 N–H and O–H groups in total. The average Bonchev–Trinajstić information content (AvgIpc) is 2.91. The van der Waals surface area contributed by atoms with Crippen molar-refractivity contribution in [3.05, 3.63) is 28.8 Å². The summed E-state index contributed by atoms with van der Waals surface area (Å²) < 4.78 is 5.48. The van der Waals surface area contributed by atoms with Crippen molar-refractivity contribution in [3.63, 3.8) is 0 Å². The van der Waals surface area contributed by atoms with Gasteiger partial charge in [-0.25, -0.2) is 0 Å². The van der Waals surface area contributed by atoms with Gasteiger partial charge in [0.25, 0.3) is 0 Å². The quantitative estimate of drug-likeness (QED) is 0.822. The molecule has 2 heteroatoms. The number of rotatable bonds is 3. The van der Waals surface area contributed by atoms with E-state index in [-0.39, 0.29) is 5.54 Å².